The molecule has 0 fully saturated rings. The van der Waals surface area contributed by atoms with Crippen molar-refractivity contribution in [3.8, 4) is 11.5 Å². The van der Waals surface area contributed by atoms with Crippen LogP contribution in [-0.2, 0) is 9.59 Å². The Labute approximate surface area is 136 Å². The molecule has 0 radical (unpaired) electrons. The molecule has 2 rings (SSSR count). The molecular formula is C16H16O8. The highest BCUT2D eigenvalue weighted by Crippen LogP contribution is 2.37. The lowest BCUT2D eigenvalue weighted by Gasteiger charge is -2.15. The van der Waals surface area contributed by atoms with E-state index in [0.29, 0.717) is 10.9 Å². The predicted octanol–water partition coefficient (Wildman–Crippen LogP) is 1.84. The summed E-state index contributed by atoms with van der Waals surface area (Å²) in [7, 11) is 0. The molecule has 8 heteroatoms. The zero-order valence-corrected chi connectivity index (χ0v) is 13.1. The van der Waals surface area contributed by atoms with Gasteiger partial charge in [0.15, 0.2) is 24.5 Å². The Bertz CT molecular complexity index is 834. The van der Waals surface area contributed by atoms with Gasteiger partial charge in [-0.25, -0.2) is 14.4 Å². The van der Waals surface area contributed by atoms with Crippen molar-refractivity contribution in [3.63, 3.8) is 0 Å². The third-order valence-electron chi connectivity index (χ3n) is 3.18. The van der Waals surface area contributed by atoms with E-state index >= 15 is 0 Å². The highest BCUT2D eigenvalue weighted by Gasteiger charge is 2.19. The summed E-state index contributed by atoms with van der Waals surface area (Å²) < 4.78 is 15.4. The first kappa shape index (κ1) is 17.3. The summed E-state index contributed by atoms with van der Waals surface area (Å²) in [5, 5.41) is 18.1. The fourth-order valence-electron chi connectivity index (χ4n) is 2.21. The van der Waals surface area contributed by atoms with E-state index in [1.54, 1.807) is 6.07 Å². The standard InChI is InChI=1S/C16H16O8/c1-8(2)10-5-14(21)24-15-9(10)3-4-11(22-6-12(17)18)16(15)23-7-13(19)20/h3-5,8H,6-7H2,1-2H3,(H,17,18)(H,19,20). The lowest BCUT2D eigenvalue weighted by Crippen LogP contribution is -2.14. The van der Waals surface area contributed by atoms with Crippen LogP contribution in [0.15, 0.2) is 27.4 Å². The molecule has 0 amide bonds. The molecule has 0 aliphatic rings. The van der Waals surface area contributed by atoms with Gasteiger partial charge in [0.05, 0.1) is 0 Å². The first-order valence-electron chi connectivity index (χ1n) is 7.09. The van der Waals surface area contributed by atoms with Crippen LogP contribution in [0.25, 0.3) is 11.0 Å². The highest BCUT2D eigenvalue weighted by molar-refractivity contribution is 5.88. The molecule has 0 atom stereocenters. The van der Waals surface area contributed by atoms with Crippen molar-refractivity contribution in [1.82, 2.24) is 0 Å². The predicted molar refractivity (Wildman–Crippen MR) is 82.8 cm³/mol. The van der Waals surface area contributed by atoms with Crippen molar-refractivity contribution in [2.24, 2.45) is 0 Å². The number of ether oxygens (including phenoxy) is 2. The van der Waals surface area contributed by atoms with Gasteiger partial charge in [-0.05, 0) is 23.6 Å². The number of hydrogen-bond acceptors (Lipinski definition) is 6. The van der Waals surface area contributed by atoms with E-state index in [-0.39, 0.29) is 23.0 Å². The first-order chi connectivity index (χ1) is 11.3. The Morgan fingerprint density at radius 1 is 1.12 bits per heavy atom. The quantitative estimate of drug-likeness (QED) is 0.734. The second kappa shape index (κ2) is 7.03. The van der Waals surface area contributed by atoms with E-state index in [4.69, 9.17) is 24.1 Å². The average molecular weight is 336 g/mol. The molecule has 1 heterocycles. The lowest BCUT2D eigenvalue weighted by molar-refractivity contribution is -0.140. The minimum atomic E-state index is -1.24. The van der Waals surface area contributed by atoms with Crippen LogP contribution in [0.4, 0.5) is 0 Å². The van der Waals surface area contributed by atoms with Crippen LogP contribution in [0.2, 0.25) is 0 Å². The van der Waals surface area contributed by atoms with E-state index in [1.807, 2.05) is 13.8 Å². The van der Waals surface area contributed by atoms with Crippen molar-refractivity contribution in [2.75, 3.05) is 13.2 Å². The van der Waals surface area contributed by atoms with Crippen molar-refractivity contribution in [2.45, 2.75) is 19.8 Å². The number of aliphatic carboxylic acids is 2. The van der Waals surface area contributed by atoms with E-state index in [2.05, 4.69) is 0 Å². The molecule has 0 unspecified atom stereocenters. The van der Waals surface area contributed by atoms with Gasteiger partial charge in [0.1, 0.15) is 0 Å². The zero-order valence-electron chi connectivity index (χ0n) is 13.1. The van der Waals surface area contributed by atoms with Crippen molar-refractivity contribution in [3.05, 3.63) is 34.2 Å². The number of carboxylic acids is 2. The SMILES string of the molecule is CC(C)c1cc(=O)oc2c(OCC(=O)O)c(OCC(=O)O)ccc12. The van der Waals surface area contributed by atoms with Crippen molar-refractivity contribution in [1.29, 1.82) is 0 Å². The molecule has 0 aliphatic carbocycles. The Hall–Kier alpha value is -3.03. The molecule has 128 valence electrons. The Balaban J connectivity index is 2.65. The van der Waals surface area contributed by atoms with Crippen molar-refractivity contribution >= 4 is 22.9 Å². The fraction of sp³-hybridized carbons (Fsp3) is 0.312. The lowest BCUT2D eigenvalue weighted by atomic mass is 9.99. The number of hydrogen-bond donors (Lipinski definition) is 2. The van der Waals surface area contributed by atoms with Gasteiger partial charge in [-0.3, -0.25) is 0 Å². The highest BCUT2D eigenvalue weighted by atomic mass is 16.5. The Morgan fingerprint density at radius 3 is 2.33 bits per heavy atom. The van der Waals surface area contributed by atoms with Crippen LogP contribution in [-0.4, -0.2) is 35.4 Å². The molecule has 0 spiro atoms. The zero-order chi connectivity index (χ0) is 17.9. The summed E-state index contributed by atoms with van der Waals surface area (Å²) in [6.07, 6.45) is 0. The molecule has 1 aromatic carbocycles. The van der Waals surface area contributed by atoms with Gasteiger partial charge in [-0.15, -0.1) is 0 Å². The van der Waals surface area contributed by atoms with Crippen LogP contribution in [0, 0.1) is 0 Å². The van der Waals surface area contributed by atoms with Gasteiger partial charge < -0.3 is 24.1 Å². The molecule has 1 aromatic heterocycles. The second-order valence-electron chi connectivity index (χ2n) is 5.31. The van der Waals surface area contributed by atoms with Gasteiger partial charge in [-0.1, -0.05) is 13.8 Å². The van der Waals surface area contributed by atoms with E-state index < -0.39 is 30.8 Å². The number of carboxylic acid groups (broad SMARTS) is 2. The molecule has 0 aliphatic heterocycles. The molecule has 2 aromatic rings. The minimum absolute atomic E-state index is 0.00899. The third-order valence-corrected chi connectivity index (χ3v) is 3.18. The van der Waals surface area contributed by atoms with Crippen LogP contribution >= 0.6 is 0 Å². The summed E-state index contributed by atoms with van der Waals surface area (Å²) in [6, 6.07) is 4.42. The number of rotatable bonds is 7. The maximum atomic E-state index is 11.8. The topological polar surface area (TPSA) is 123 Å². The van der Waals surface area contributed by atoms with Crippen molar-refractivity contribution < 1.29 is 33.7 Å². The first-order valence-corrected chi connectivity index (χ1v) is 7.09. The summed E-state index contributed by atoms with van der Waals surface area (Å²) in [4.78, 5) is 33.3. The molecule has 0 bridgehead atoms. The number of benzene rings is 1. The van der Waals surface area contributed by atoms with Gasteiger partial charge in [-0.2, -0.15) is 0 Å². The van der Waals surface area contributed by atoms with Crippen LogP contribution < -0.4 is 15.1 Å². The summed E-state index contributed by atoms with van der Waals surface area (Å²) in [5.74, 6) is -2.57. The van der Waals surface area contributed by atoms with Crippen LogP contribution in [0.1, 0.15) is 25.3 Å². The monoisotopic (exact) mass is 336 g/mol. The molecular weight excluding hydrogens is 320 g/mol. The summed E-state index contributed by atoms with van der Waals surface area (Å²) >= 11 is 0. The maximum Gasteiger partial charge on any atom is 0.341 e. The molecule has 8 nitrogen and oxygen atoms in total. The molecule has 0 saturated heterocycles. The number of carbonyl (C=O) groups is 2. The Morgan fingerprint density at radius 2 is 1.75 bits per heavy atom. The third kappa shape index (κ3) is 3.83. The smallest absolute Gasteiger partial charge is 0.341 e. The second-order valence-corrected chi connectivity index (χ2v) is 5.31. The minimum Gasteiger partial charge on any atom is -0.479 e. The van der Waals surface area contributed by atoms with E-state index in [0.717, 1.165) is 0 Å². The van der Waals surface area contributed by atoms with E-state index in [9.17, 15) is 14.4 Å². The number of fused-ring (bicyclic) bond motifs is 1. The molecule has 0 saturated carbocycles. The fourth-order valence-corrected chi connectivity index (χ4v) is 2.21. The van der Waals surface area contributed by atoms with Gasteiger partial charge in [0.25, 0.3) is 0 Å². The largest absolute Gasteiger partial charge is 0.479 e. The Kier molecular flexibility index (Phi) is 5.08. The summed E-state index contributed by atoms with van der Waals surface area (Å²) in [6.45, 7) is 2.43. The van der Waals surface area contributed by atoms with Gasteiger partial charge in [0, 0.05) is 11.5 Å². The normalized spacial score (nSPS) is 10.8. The van der Waals surface area contributed by atoms with E-state index in [1.165, 1.54) is 12.1 Å². The van der Waals surface area contributed by atoms with Crippen LogP contribution in [0.5, 0.6) is 11.5 Å². The molecule has 24 heavy (non-hydrogen) atoms. The maximum absolute atomic E-state index is 11.8. The van der Waals surface area contributed by atoms with Gasteiger partial charge >= 0.3 is 17.6 Å². The summed E-state index contributed by atoms with van der Waals surface area (Å²) in [5.41, 5.74) is 0.100. The van der Waals surface area contributed by atoms with Crippen LogP contribution in [0.3, 0.4) is 0 Å². The average Bonchev–Trinajstić information content (AvgIpc) is 2.49. The van der Waals surface area contributed by atoms with Gasteiger partial charge in [0.2, 0.25) is 5.75 Å². The molecule has 2 N–H and O–H groups in total.